The van der Waals surface area contributed by atoms with E-state index in [1.54, 1.807) is 5.38 Å². The lowest BCUT2D eigenvalue weighted by atomic mass is 9.94. The molecule has 16 heavy (non-hydrogen) atoms. The number of carbonyl (C=O) groups excluding carboxylic acids is 1. The van der Waals surface area contributed by atoms with Gasteiger partial charge < -0.3 is 4.74 Å². The predicted molar refractivity (Wildman–Crippen MR) is 61.3 cm³/mol. The third-order valence-electron chi connectivity index (χ3n) is 2.53. The summed E-state index contributed by atoms with van der Waals surface area (Å²) in [6, 6.07) is 2.24. The van der Waals surface area contributed by atoms with Gasteiger partial charge >= 0.3 is 5.97 Å². The van der Waals surface area contributed by atoms with Crippen molar-refractivity contribution in [2.24, 2.45) is 5.92 Å². The van der Waals surface area contributed by atoms with Crippen LogP contribution in [-0.2, 0) is 4.74 Å². The SMILES string of the molecule is CCC(C)C(C#N)c1nc(C(=O)OC)cs1. The lowest BCUT2D eigenvalue weighted by Gasteiger charge is -2.12. The molecule has 0 saturated heterocycles. The van der Waals surface area contributed by atoms with Crippen molar-refractivity contribution in [2.45, 2.75) is 26.2 Å². The molecule has 0 radical (unpaired) electrons. The van der Waals surface area contributed by atoms with Crippen molar-refractivity contribution in [1.29, 1.82) is 5.26 Å². The molecule has 1 rings (SSSR count). The maximum Gasteiger partial charge on any atom is 0.357 e. The molecule has 0 spiro atoms. The summed E-state index contributed by atoms with van der Waals surface area (Å²) in [5, 5.41) is 11.4. The molecule has 0 bridgehead atoms. The van der Waals surface area contributed by atoms with E-state index in [4.69, 9.17) is 5.26 Å². The molecule has 1 heterocycles. The Balaban J connectivity index is 2.92. The Hall–Kier alpha value is -1.41. The van der Waals surface area contributed by atoms with Crippen LogP contribution in [0.25, 0.3) is 0 Å². The molecule has 0 N–H and O–H groups in total. The van der Waals surface area contributed by atoms with E-state index in [0.717, 1.165) is 6.42 Å². The molecular weight excluding hydrogens is 224 g/mol. The van der Waals surface area contributed by atoms with Gasteiger partial charge in [-0.3, -0.25) is 0 Å². The minimum absolute atomic E-state index is 0.238. The number of ether oxygens (including phenoxy) is 1. The molecule has 0 fully saturated rings. The number of nitriles is 1. The molecule has 0 aliphatic heterocycles. The highest BCUT2D eigenvalue weighted by molar-refractivity contribution is 7.10. The number of rotatable bonds is 4. The average Bonchev–Trinajstić information content (AvgIpc) is 2.78. The molecule has 2 atom stereocenters. The van der Waals surface area contributed by atoms with Crippen LogP contribution < -0.4 is 0 Å². The third-order valence-corrected chi connectivity index (χ3v) is 3.46. The smallest absolute Gasteiger partial charge is 0.357 e. The van der Waals surface area contributed by atoms with Gasteiger partial charge in [-0.15, -0.1) is 11.3 Å². The molecule has 0 aliphatic carbocycles. The average molecular weight is 238 g/mol. The minimum Gasteiger partial charge on any atom is -0.464 e. The van der Waals surface area contributed by atoms with Crippen LogP contribution in [0.5, 0.6) is 0 Å². The molecule has 0 aliphatic rings. The van der Waals surface area contributed by atoms with Gasteiger partial charge in [-0.1, -0.05) is 20.3 Å². The first-order valence-corrected chi connectivity index (χ1v) is 5.95. The van der Waals surface area contributed by atoms with E-state index < -0.39 is 5.97 Å². The van der Waals surface area contributed by atoms with Gasteiger partial charge in [-0.05, 0) is 5.92 Å². The van der Waals surface area contributed by atoms with Crippen LogP contribution in [-0.4, -0.2) is 18.1 Å². The van der Waals surface area contributed by atoms with E-state index in [9.17, 15) is 4.79 Å². The normalized spacial score (nSPS) is 13.9. The lowest BCUT2D eigenvalue weighted by molar-refractivity contribution is 0.0594. The first-order chi connectivity index (χ1) is 7.63. The summed E-state index contributed by atoms with van der Waals surface area (Å²) in [6.45, 7) is 4.04. The molecule has 86 valence electrons. The quantitative estimate of drug-likeness (QED) is 0.756. The van der Waals surface area contributed by atoms with Gasteiger partial charge in [0, 0.05) is 5.38 Å². The van der Waals surface area contributed by atoms with E-state index in [2.05, 4.69) is 15.8 Å². The van der Waals surface area contributed by atoms with Crippen molar-refractivity contribution < 1.29 is 9.53 Å². The number of aromatic nitrogens is 1. The summed E-state index contributed by atoms with van der Waals surface area (Å²) in [6.07, 6.45) is 0.908. The Bertz CT molecular complexity index is 408. The largest absolute Gasteiger partial charge is 0.464 e. The summed E-state index contributed by atoms with van der Waals surface area (Å²) in [7, 11) is 1.32. The fraction of sp³-hybridized carbons (Fsp3) is 0.545. The zero-order valence-electron chi connectivity index (χ0n) is 9.56. The predicted octanol–water partition coefficient (Wildman–Crippen LogP) is 2.58. The highest BCUT2D eigenvalue weighted by atomic mass is 32.1. The standard InChI is InChI=1S/C11H14N2O2S/c1-4-7(2)8(5-12)10-13-9(6-16-10)11(14)15-3/h6-8H,4H2,1-3H3. The molecule has 4 nitrogen and oxygen atoms in total. The molecule has 5 heteroatoms. The van der Waals surface area contributed by atoms with Crippen molar-refractivity contribution >= 4 is 17.3 Å². The third kappa shape index (κ3) is 2.58. The minimum atomic E-state index is -0.455. The lowest BCUT2D eigenvalue weighted by Crippen LogP contribution is -2.08. The maximum atomic E-state index is 11.2. The molecule has 1 aromatic heterocycles. The van der Waals surface area contributed by atoms with Crippen LogP contribution in [0.3, 0.4) is 0 Å². The summed E-state index contributed by atoms with van der Waals surface area (Å²) < 4.78 is 4.57. The van der Waals surface area contributed by atoms with Gasteiger partial charge in [0.1, 0.15) is 10.9 Å². The van der Waals surface area contributed by atoms with E-state index in [1.807, 2.05) is 13.8 Å². The Kier molecular flexibility index (Phi) is 4.44. The summed E-state index contributed by atoms with van der Waals surface area (Å²) in [5.74, 6) is -0.460. The number of thiazole rings is 1. The van der Waals surface area contributed by atoms with Crippen molar-refractivity contribution in [1.82, 2.24) is 4.98 Å². The Morgan fingerprint density at radius 3 is 2.94 bits per heavy atom. The van der Waals surface area contributed by atoms with Gasteiger partial charge in [-0.2, -0.15) is 5.26 Å². The Labute approximate surface area is 98.9 Å². The fourth-order valence-corrected chi connectivity index (χ4v) is 2.25. The zero-order valence-corrected chi connectivity index (χ0v) is 10.4. The number of esters is 1. The number of methoxy groups -OCH3 is 1. The van der Waals surface area contributed by atoms with Gasteiger partial charge in [0.2, 0.25) is 0 Å². The zero-order chi connectivity index (χ0) is 12.1. The molecule has 1 aromatic rings. The molecule has 0 aromatic carbocycles. The van der Waals surface area contributed by atoms with E-state index >= 15 is 0 Å². The molecular formula is C11H14N2O2S. The second-order valence-corrected chi connectivity index (χ2v) is 4.44. The number of nitrogens with zero attached hydrogens (tertiary/aromatic N) is 2. The fourth-order valence-electron chi connectivity index (χ4n) is 1.29. The molecule has 0 amide bonds. The first-order valence-electron chi connectivity index (χ1n) is 5.07. The van der Waals surface area contributed by atoms with Crippen molar-refractivity contribution in [3.05, 3.63) is 16.1 Å². The van der Waals surface area contributed by atoms with E-state index in [0.29, 0.717) is 5.01 Å². The number of hydrogen-bond acceptors (Lipinski definition) is 5. The van der Waals surface area contributed by atoms with Crippen molar-refractivity contribution in [2.75, 3.05) is 7.11 Å². The van der Waals surface area contributed by atoms with Crippen LogP contribution in [0.15, 0.2) is 5.38 Å². The number of carbonyl (C=O) groups is 1. The first kappa shape index (κ1) is 12.7. The van der Waals surface area contributed by atoms with E-state index in [1.165, 1.54) is 18.4 Å². The monoisotopic (exact) mass is 238 g/mol. The van der Waals surface area contributed by atoms with Crippen LogP contribution in [0.2, 0.25) is 0 Å². The Morgan fingerprint density at radius 2 is 2.44 bits per heavy atom. The molecule has 2 unspecified atom stereocenters. The summed E-state index contributed by atoms with van der Waals surface area (Å²) in [5.41, 5.74) is 0.283. The molecule has 0 saturated carbocycles. The maximum absolute atomic E-state index is 11.2. The van der Waals surface area contributed by atoms with Crippen LogP contribution in [0.4, 0.5) is 0 Å². The second kappa shape index (κ2) is 5.61. The van der Waals surface area contributed by atoms with Crippen molar-refractivity contribution in [3.8, 4) is 6.07 Å². The van der Waals surface area contributed by atoms with Gasteiger partial charge in [0.05, 0.1) is 13.2 Å². The summed E-state index contributed by atoms with van der Waals surface area (Å²) >= 11 is 1.34. The van der Waals surface area contributed by atoms with Crippen LogP contribution >= 0.6 is 11.3 Å². The number of hydrogen-bond donors (Lipinski definition) is 0. The van der Waals surface area contributed by atoms with Crippen LogP contribution in [0.1, 0.15) is 41.7 Å². The highest BCUT2D eigenvalue weighted by Gasteiger charge is 2.22. The van der Waals surface area contributed by atoms with Crippen molar-refractivity contribution in [3.63, 3.8) is 0 Å². The van der Waals surface area contributed by atoms with Gasteiger partial charge in [0.25, 0.3) is 0 Å². The second-order valence-electron chi connectivity index (χ2n) is 3.55. The Morgan fingerprint density at radius 1 is 1.75 bits per heavy atom. The highest BCUT2D eigenvalue weighted by Crippen LogP contribution is 2.28. The van der Waals surface area contributed by atoms with Gasteiger partial charge in [-0.25, -0.2) is 9.78 Å². The van der Waals surface area contributed by atoms with E-state index in [-0.39, 0.29) is 17.5 Å². The summed E-state index contributed by atoms with van der Waals surface area (Å²) in [4.78, 5) is 15.4. The van der Waals surface area contributed by atoms with Crippen LogP contribution in [0, 0.1) is 17.2 Å². The van der Waals surface area contributed by atoms with Gasteiger partial charge in [0.15, 0.2) is 5.69 Å². The topological polar surface area (TPSA) is 63.0 Å².